The Balaban J connectivity index is 2.87. The molecule has 0 aliphatic rings. The van der Waals surface area contributed by atoms with Gasteiger partial charge >= 0.3 is 112 Å². The Labute approximate surface area is 112 Å². The van der Waals surface area contributed by atoms with Crippen molar-refractivity contribution in [3.8, 4) is 0 Å². The third kappa shape index (κ3) is 3.91. The fraction of sp³-hybridized carbons (Fsp3) is 0.500. The van der Waals surface area contributed by atoms with Crippen LogP contribution in [0.15, 0.2) is 24.3 Å². The van der Waals surface area contributed by atoms with E-state index in [1.807, 2.05) is 0 Å². The molecule has 82 valence electrons. The molecule has 0 amide bonds. The quantitative estimate of drug-likeness (QED) is 0.498. The molecule has 1 atom stereocenters. The first-order valence-corrected chi connectivity index (χ1v) is 12.0. The summed E-state index contributed by atoms with van der Waals surface area (Å²) in [5, 5.41) is 2.08. The van der Waals surface area contributed by atoms with Gasteiger partial charge in [-0.3, -0.25) is 0 Å². The molecule has 1 rings (SSSR count). The molecule has 1 aromatic rings. The Kier molecular flexibility index (Phi) is 4.55. The first kappa shape index (κ1) is 13.8. The molecule has 0 aromatic heterocycles. The second-order valence-corrected chi connectivity index (χ2v) is 17.6. The maximum absolute atomic E-state index is 2.52. The van der Waals surface area contributed by atoms with Crippen LogP contribution in [0.4, 0.5) is 0 Å². The molecule has 0 saturated heterocycles. The first-order valence-electron chi connectivity index (χ1n) is 5.29. The van der Waals surface area contributed by atoms with Gasteiger partial charge in [0.1, 0.15) is 0 Å². The Hall–Kier alpha value is 0.750. The Morgan fingerprint density at radius 2 is 1.80 bits per heavy atom. The van der Waals surface area contributed by atoms with Gasteiger partial charge in [0.05, 0.1) is 0 Å². The molecule has 0 aliphatic carbocycles. The van der Waals surface area contributed by atoms with Gasteiger partial charge in [0.25, 0.3) is 0 Å². The minimum absolute atomic E-state index is 0.504. The standard InChI is InChI=1S/C12H20PSi.Bi/c1-12(2,3)14(4,5)13-11-9-7-6-8-10-11;/h6-7,9-10,13H,1-5H3;. The molecule has 0 bridgehead atoms. The number of benzene rings is 1. The molecule has 0 spiro atoms. The van der Waals surface area contributed by atoms with Gasteiger partial charge in [0.2, 0.25) is 0 Å². The summed E-state index contributed by atoms with van der Waals surface area (Å²) in [4.78, 5) is 0. The van der Waals surface area contributed by atoms with Crippen molar-refractivity contribution in [3.63, 3.8) is 0 Å². The van der Waals surface area contributed by atoms with Crippen LogP contribution in [0.3, 0.4) is 0 Å². The summed E-state index contributed by atoms with van der Waals surface area (Å²) in [6, 6.07) is 9.14. The second-order valence-electron chi connectivity index (χ2n) is 5.55. The summed E-state index contributed by atoms with van der Waals surface area (Å²) in [5.74, 6) is 0. The fourth-order valence-corrected chi connectivity index (χ4v) is 7.76. The van der Waals surface area contributed by atoms with Crippen molar-refractivity contribution < 1.29 is 0 Å². The molecular formula is C12H20BiPSi. The van der Waals surface area contributed by atoms with Crippen LogP contribution in [-0.4, -0.2) is 32.5 Å². The summed E-state index contributed by atoms with van der Waals surface area (Å²) in [7, 11) is -0.0929. The van der Waals surface area contributed by atoms with Crippen molar-refractivity contribution in [2.45, 2.75) is 38.9 Å². The zero-order chi connectivity index (χ0) is 11.7. The van der Waals surface area contributed by atoms with Crippen molar-refractivity contribution >= 4 is 49.2 Å². The molecule has 0 nitrogen and oxygen atoms in total. The van der Waals surface area contributed by atoms with Gasteiger partial charge in [-0.05, 0) is 0 Å². The fourth-order valence-electron chi connectivity index (χ4n) is 1.13. The summed E-state index contributed by atoms with van der Waals surface area (Å²) in [6.07, 6.45) is 0. The summed E-state index contributed by atoms with van der Waals surface area (Å²) < 4.78 is 1.50. The first-order chi connectivity index (χ1) is 6.72. The van der Waals surface area contributed by atoms with Crippen LogP contribution in [0.2, 0.25) is 18.1 Å². The molecule has 0 saturated carbocycles. The second kappa shape index (κ2) is 4.94. The van der Waals surface area contributed by atoms with Gasteiger partial charge in [0, 0.05) is 0 Å². The Morgan fingerprint density at radius 1 is 1.20 bits per heavy atom. The molecule has 0 fully saturated rings. The third-order valence-electron chi connectivity index (χ3n) is 3.18. The summed E-state index contributed by atoms with van der Waals surface area (Å²) in [6.45, 7) is 12.2. The van der Waals surface area contributed by atoms with Crippen LogP contribution >= 0.6 is 8.13 Å². The molecule has 15 heavy (non-hydrogen) atoms. The molecule has 1 unspecified atom stereocenters. The molecule has 0 heterocycles. The van der Waals surface area contributed by atoms with Gasteiger partial charge in [-0.1, -0.05) is 0 Å². The maximum atomic E-state index is 2.52. The SMILES string of the molecule is CC(C)(C)[Si](C)(C)Pc1ccc[c]([Bi])c1. The zero-order valence-corrected chi connectivity index (χ0v) is 15.7. The van der Waals surface area contributed by atoms with Crippen molar-refractivity contribution in [2.24, 2.45) is 0 Å². The topological polar surface area (TPSA) is 0 Å². The monoisotopic (exact) mass is 432 g/mol. The van der Waals surface area contributed by atoms with Crippen LogP contribution < -0.4 is 8.58 Å². The third-order valence-corrected chi connectivity index (χ3v) is 14.2. The van der Waals surface area contributed by atoms with Gasteiger partial charge in [-0.25, -0.2) is 0 Å². The van der Waals surface area contributed by atoms with Crippen molar-refractivity contribution in [1.82, 2.24) is 0 Å². The van der Waals surface area contributed by atoms with E-state index >= 15 is 0 Å². The average molecular weight is 432 g/mol. The van der Waals surface area contributed by atoms with Crippen LogP contribution in [0.5, 0.6) is 0 Å². The van der Waals surface area contributed by atoms with E-state index in [0.29, 0.717) is 5.04 Å². The molecule has 0 aliphatic heterocycles. The van der Waals surface area contributed by atoms with E-state index in [1.54, 1.807) is 5.30 Å². The van der Waals surface area contributed by atoms with E-state index in [2.05, 4.69) is 58.1 Å². The molecule has 2 radical (unpaired) electrons. The Bertz CT molecular complexity index is 342. The molecular weight excluding hydrogens is 412 g/mol. The van der Waals surface area contributed by atoms with Crippen LogP contribution in [0.1, 0.15) is 20.8 Å². The number of hydrogen-bond donors (Lipinski definition) is 0. The zero-order valence-electron chi connectivity index (χ0n) is 10.3. The van der Waals surface area contributed by atoms with Crippen LogP contribution in [0.25, 0.3) is 0 Å². The van der Waals surface area contributed by atoms with Gasteiger partial charge in [-0.2, -0.15) is 0 Å². The van der Waals surface area contributed by atoms with E-state index in [-0.39, 0.29) is 0 Å². The van der Waals surface area contributed by atoms with Crippen molar-refractivity contribution in [3.05, 3.63) is 24.3 Å². The van der Waals surface area contributed by atoms with Crippen molar-refractivity contribution in [1.29, 1.82) is 0 Å². The van der Waals surface area contributed by atoms with Crippen LogP contribution in [-0.2, 0) is 0 Å². The Morgan fingerprint density at radius 3 is 2.27 bits per heavy atom. The van der Waals surface area contributed by atoms with Gasteiger partial charge in [-0.15, -0.1) is 0 Å². The molecule has 0 N–H and O–H groups in total. The van der Waals surface area contributed by atoms with Crippen LogP contribution in [0, 0.1) is 0 Å². The van der Waals surface area contributed by atoms with Gasteiger partial charge < -0.3 is 0 Å². The molecule has 1 aromatic carbocycles. The summed E-state index contributed by atoms with van der Waals surface area (Å²) in [5.41, 5.74) is 0. The number of rotatable bonds is 2. The summed E-state index contributed by atoms with van der Waals surface area (Å²) >= 11 is 1.37. The van der Waals surface area contributed by atoms with E-state index in [0.717, 1.165) is 8.13 Å². The van der Waals surface area contributed by atoms with E-state index in [9.17, 15) is 0 Å². The number of hydrogen-bond acceptors (Lipinski definition) is 0. The predicted octanol–water partition coefficient (Wildman–Crippen LogP) is 2.79. The van der Waals surface area contributed by atoms with E-state index < -0.39 is 7.74 Å². The van der Waals surface area contributed by atoms with Crippen molar-refractivity contribution in [2.75, 3.05) is 0 Å². The normalized spacial score (nSPS) is 13.7. The van der Waals surface area contributed by atoms with Gasteiger partial charge in [0.15, 0.2) is 0 Å². The molecule has 3 heteroatoms. The van der Waals surface area contributed by atoms with E-state index in [1.165, 1.54) is 28.0 Å². The predicted molar refractivity (Wildman–Crippen MR) is 77.0 cm³/mol. The minimum atomic E-state index is -1.13. The van der Waals surface area contributed by atoms with E-state index in [4.69, 9.17) is 0 Å². The average Bonchev–Trinajstić information content (AvgIpc) is 2.00.